The first-order valence-corrected chi connectivity index (χ1v) is 7.09. The molecule has 1 aliphatic heterocycles. The van der Waals surface area contributed by atoms with Crippen molar-refractivity contribution in [3.8, 4) is 0 Å². The van der Waals surface area contributed by atoms with Gasteiger partial charge in [0, 0.05) is 18.8 Å². The molecule has 0 amide bonds. The van der Waals surface area contributed by atoms with Crippen LogP contribution in [0, 0.1) is 13.8 Å². The van der Waals surface area contributed by atoms with E-state index in [0.717, 1.165) is 35.6 Å². The van der Waals surface area contributed by atoms with E-state index in [9.17, 15) is 0 Å². The number of hydrogen-bond donors (Lipinski definition) is 0. The van der Waals surface area contributed by atoms with Crippen molar-refractivity contribution in [1.82, 2.24) is 15.0 Å². The highest BCUT2D eigenvalue weighted by Gasteiger charge is 2.16. The van der Waals surface area contributed by atoms with Crippen molar-refractivity contribution in [1.29, 1.82) is 0 Å². The van der Waals surface area contributed by atoms with Gasteiger partial charge in [0.15, 0.2) is 5.65 Å². The van der Waals surface area contributed by atoms with Crippen molar-refractivity contribution in [2.45, 2.75) is 39.5 Å². The van der Waals surface area contributed by atoms with E-state index in [4.69, 9.17) is 0 Å². The van der Waals surface area contributed by atoms with Crippen LogP contribution in [0.15, 0.2) is 12.4 Å². The van der Waals surface area contributed by atoms with Gasteiger partial charge in [-0.3, -0.25) is 0 Å². The first-order chi connectivity index (χ1) is 9.25. The Hall–Kier alpha value is -1.71. The second kappa shape index (κ2) is 5.11. The molecule has 100 valence electrons. The summed E-state index contributed by atoms with van der Waals surface area (Å²) in [7, 11) is 0. The molecule has 4 nitrogen and oxygen atoms in total. The molecule has 1 saturated heterocycles. The lowest BCUT2D eigenvalue weighted by atomic mass is 10.1. The predicted octanol–water partition coefficient (Wildman–Crippen LogP) is 3.02. The Morgan fingerprint density at radius 1 is 1.00 bits per heavy atom. The van der Waals surface area contributed by atoms with Crippen molar-refractivity contribution < 1.29 is 0 Å². The van der Waals surface area contributed by atoms with Crippen LogP contribution in [0.3, 0.4) is 0 Å². The van der Waals surface area contributed by atoms with E-state index in [1.807, 2.05) is 6.92 Å². The summed E-state index contributed by atoms with van der Waals surface area (Å²) in [4.78, 5) is 15.8. The molecule has 0 atom stereocenters. The van der Waals surface area contributed by atoms with Crippen LogP contribution in [-0.2, 0) is 0 Å². The first kappa shape index (κ1) is 12.3. The average Bonchev–Trinajstić information content (AvgIpc) is 2.66. The first-order valence-electron chi connectivity index (χ1n) is 7.09. The van der Waals surface area contributed by atoms with Crippen molar-refractivity contribution in [3.63, 3.8) is 0 Å². The molecule has 0 N–H and O–H groups in total. The lowest BCUT2D eigenvalue weighted by Crippen LogP contribution is -2.25. The highest BCUT2D eigenvalue weighted by atomic mass is 15.2. The molecule has 3 heterocycles. The molecule has 0 spiro atoms. The third-order valence-electron chi connectivity index (χ3n) is 3.81. The minimum Gasteiger partial charge on any atom is -0.356 e. The summed E-state index contributed by atoms with van der Waals surface area (Å²) in [6.45, 7) is 6.33. The van der Waals surface area contributed by atoms with E-state index in [1.54, 1.807) is 6.33 Å². The number of aromatic nitrogens is 3. The summed E-state index contributed by atoms with van der Waals surface area (Å²) in [5.41, 5.74) is 3.07. The summed E-state index contributed by atoms with van der Waals surface area (Å²) >= 11 is 0. The van der Waals surface area contributed by atoms with Gasteiger partial charge in [-0.15, -0.1) is 0 Å². The number of pyridine rings is 1. The summed E-state index contributed by atoms with van der Waals surface area (Å²) in [5, 5.41) is 1.12. The summed E-state index contributed by atoms with van der Waals surface area (Å²) in [6, 6.07) is 2.12. The predicted molar refractivity (Wildman–Crippen MR) is 77.5 cm³/mol. The highest BCUT2D eigenvalue weighted by Crippen LogP contribution is 2.27. The second-order valence-corrected chi connectivity index (χ2v) is 5.38. The van der Waals surface area contributed by atoms with Gasteiger partial charge in [0.25, 0.3) is 0 Å². The third-order valence-corrected chi connectivity index (χ3v) is 3.81. The van der Waals surface area contributed by atoms with Gasteiger partial charge in [-0.05, 0) is 38.3 Å². The number of rotatable bonds is 1. The normalized spacial score (nSPS) is 16.6. The van der Waals surface area contributed by atoms with Gasteiger partial charge in [-0.25, -0.2) is 15.0 Å². The lowest BCUT2D eigenvalue weighted by Gasteiger charge is -2.23. The fraction of sp³-hybridized carbons (Fsp3) is 0.533. The van der Waals surface area contributed by atoms with Gasteiger partial charge < -0.3 is 4.90 Å². The van der Waals surface area contributed by atoms with Crippen LogP contribution < -0.4 is 4.90 Å². The standard InChI is InChI=1S/C15H20N4/c1-11-9-12(2)18-14-13(11)15(17-10-16-14)19-7-5-3-4-6-8-19/h9-10H,3-8H2,1-2H3. The summed E-state index contributed by atoms with van der Waals surface area (Å²) in [6.07, 6.45) is 6.81. The molecular weight excluding hydrogens is 236 g/mol. The number of aryl methyl sites for hydroxylation is 2. The quantitative estimate of drug-likeness (QED) is 0.786. The third kappa shape index (κ3) is 2.39. The molecule has 0 bridgehead atoms. The topological polar surface area (TPSA) is 41.9 Å². The molecular formula is C15H20N4. The maximum Gasteiger partial charge on any atom is 0.165 e. The van der Waals surface area contributed by atoms with Crippen molar-refractivity contribution in [2.75, 3.05) is 18.0 Å². The summed E-state index contributed by atoms with van der Waals surface area (Å²) < 4.78 is 0. The van der Waals surface area contributed by atoms with Crippen LogP contribution in [0.1, 0.15) is 36.9 Å². The number of nitrogens with zero attached hydrogens (tertiary/aromatic N) is 4. The molecule has 0 aromatic carbocycles. The largest absolute Gasteiger partial charge is 0.356 e. The molecule has 4 heteroatoms. The van der Waals surface area contributed by atoms with Gasteiger partial charge >= 0.3 is 0 Å². The molecule has 19 heavy (non-hydrogen) atoms. The molecule has 0 aliphatic carbocycles. The van der Waals surface area contributed by atoms with E-state index in [-0.39, 0.29) is 0 Å². The van der Waals surface area contributed by atoms with Gasteiger partial charge in [0.2, 0.25) is 0 Å². The van der Waals surface area contributed by atoms with Gasteiger partial charge in [0.1, 0.15) is 12.1 Å². The zero-order chi connectivity index (χ0) is 13.2. The molecule has 0 unspecified atom stereocenters. The Labute approximate surface area is 113 Å². The smallest absolute Gasteiger partial charge is 0.165 e. The SMILES string of the molecule is Cc1cc(C)c2c(N3CCCCCC3)ncnc2n1. The molecule has 2 aromatic heterocycles. The van der Waals surface area contributed by atoms with Gasteiger partial charge in [-0.1, -0.05) is 12.8 Å². The fourth-order valence-corrected chi connectivity index (χ4v) is 2.91. The van der Waals surface area contributed by atoms with Crippen molar-refractivity contribution in [2.24, 2.45) is 0 Å². The molecule has 0 saturated carbocycles. The molecule has 0 radical (unpaired) electrons. The maximum absolute atomic E-state index is 4.54. The van der Waals surface area contributed by atoms with E-state index < -0.39 is 0 Å². The zero-order valence-corrected chi connectivity index (χ0v) is 11.7. The Morgan fingerprint density at radius 3 is 2.47 bits per heavy atom. The average molecular weight is 256 g/mol. The van der Waals surface area contributed by atoms with Crippen LogP contribution in [-0.4, -0.2) is 28.0 Å². The molecule has 2 aromatic rings. The Morgan fingerprint density at radius 2 is 1.74 bits per heavy atom. The summed E-state index contributed by atoms with van der Waals surface area (Å²) in [5.74, 6) is 1.07. The van der Waals surface area contributed by atoms with Gasteiger partial charge in [-0.2, -0.15) is 0 Å². The van der Waals surface area contributed by atoms with E-state index in [2.05, 4.69) is 32.8 Å². The highest BCUT2D eigenvalue weighted by molar-refractivity contribution is 5.90. The Bertz CT molecular complexity index is 586. The lowest BCUT2D eigenvalue weighted by molar-refractivity contribution is 0.726. The van der Waals surface area contributed by atoms with Crippen molar-refractivity contribution in [3.05, 3.63) is 23.7 Å². The number of anilines is 1. The van der Waals surface area contributed by atoms with Gasteiger partial charge in [0.05, 0.1) is 5.39 Å². The van der Waals surface area contributed by atoms with Crippen LogP contribution in [0.5, 0.6) is 0 Å². The fourth-order valence-electron chi connectivity index (χ4n) is 2.91. The van der Waals surface area contributed by atoms with Crippen LogP contribution in [0.25, 0.3) is 11.0 Å². The Balaban J connectivity index is 2.12. The maximum atomic E-state index is 4.54. The minimum atomic E-state index is 0.826. The van der Waals surface area contributed by atoms with E-state index in [0.29, 0.717) is 0 Å². The second-order valence-electron chi connectivity index (χ2n) is 5.38. The van der Waals surface area contributed by atoms with Crippen LogP contribution in [0.4, 0.5) is 5.82 Å². The minimum absolute atomic E-state index is 0.826. The number of fused-ring (bicyclic) bond motifs is 1. The zero-order valence-electron chi connectivity index (χ0n) is 11.7. The van der Waals surface area contributed by atoms with Crippen molar-refractivity contribution >= 4 is 16.9 Å². The van der Waals surface area contributed by atoms with E-state index >= 15 is 0 Å². The molecule has 1 aliphatic rings. The van der Waals surface area contributed by atoms with Crippen LogP contribution in [0.2, 0.25) is 0 Å². The molecule has 3 rings (SSSR count). The monoisotopic (exact) mass is 256 g/mol. The van der Waals surface area contributed by atoms with E-state index in [1.165, 1.54) is 31.2 Å². The molecule has 1 fully saturated rings. The number of hydrogen-bond acceptors (Lipinski definition) is 4. The van der Waals surface area contributed by atoms with Crippen LogP contribution >= 0.6 is 0 Å². The Kier molecular flexibility index (Phi) is 3.32.